The Hall–Kier alpha value is -4.43. The highest BCUT2D eigenvalue weighted by Gasteiger charge is 2.34. The van der Waals surface area contributed by atoms with Crippen molar-refractivity contribution < 1.29 is 18.0 Å². The van der Waals surface area contributed by atoms with Crippen molar-refractivity contribution in [3.63, 3.8) is 0 Å². The number of benzene rings is 4. The summed E-state index contributed by atoms with van der Waals surface area (Å²) in [5.41, 5.74) is 2.82. The maximum absolute atomic E-state index is 14.2. The van der Waals surface area contributed by atoms with E-state index in [9.17, 15) is 18.0 Å². The van der Waals surface area contributed by atoms with Gasteiger partial charge in [-0.2, -0.15) is 0 Å². The van der Waals surface area contributed by atoms with Crippen LogP contribution in [0.2, 0.25) is 0 Å². The van der Waals surface area contributed by atoms with Gasteiger partial charge in [0.25, 0.3) is 10.0 Å². The zero-order valence-corrected chi connectivity index (χ0v) is 23.4. The maximum atomic E-state index is 14.2. The fourth-order valence-corrected chi connectivity index (χ4v) is 6.08. The van der Waals surface area contributed by atoms with Gasteiger partial charge in [0, 0.05) is 20.0 Å². The summed E-state index contributed by atoms with van der Waals surface area (Å²) in [5, 5.41) is 2.69. The number of anilines is 1. The molecule has 8 heteroatoms. The molecule has 0 spiro atoms. The van der Waals surface area contributed by atoms with Crippen LogP contribution in [0.25, 0.3) is 0 Å². The number of hydrogen-bond donors (Lipinski definition) is 1. The molecular weight excluding hydrogens is 522 g/mol. The van der Waals surface area contributed by atoms with E-state index >= 15 is 0 Å². The third kappa shape index (κ3) is 6.76. The minimum Gasteiger partial charge on any atom is -0.357 e. The van der Waals surface area contributed by atoms with E-state index in [1.807, 2.05) is 66.7 Å². The second-order valence-corrected chi connectivity index (χ2v) is 11.3. The second-order valence-electron chi connectivity index (χ2n) is 9.44. The fourth-order valence-electron chi connectivity index (χ4n) is 4.58. The number of carbonyl (C=O) groups excluding carboxylic acids is 2. The van der Waals surface area contributed by atoms with Crippen LogP contribution in [-0.4, -0.2) is 44.8 Å². The van der Waals surface area contributed by atoms with Gasteiger partial charge in [-0.05, 0) is 41.8 Å². The van der Waals surface area contributed by atoms with E-state index < -0.39 is 28.5 Å². The van der Waals surface area contributed by atoms with Gasteiger partial charge in [-0.25, -0.2) is 8.42 Å². The fraction of sp³-hybridized carbons (Fsp3) is 0.188. The molecule has 0 saturated heterocycles. The average Bonchev–Trinajstić information content (AvgIpc) is 2.99. The molecule has 0 heterocycles. The lowest BCUT2D eigenvalue weighted by Crippen LogP contribution is -2.53. The van der Waals surface area contributed by atoms with E-state index in [4.69, 9.17) is 0 Å². The van der Waals surface area contributed by atoms with Crippen LogP contribution < -0.4 is 9.62 Å². The van der Waals surface area contributed by atoms with Crippen molar-refractivity contribution in [1.29, 1.82) is 0 Å². The topological polar surface area (TPSA) is 86.8 Å². The molecule has 0 radical (unpaired) electrons. The zero-order valence-electron chi connectivity index (χ0n) is 22.6. The van der Waals surface area contributed by atoms with E-state index in [1.165, 1.54) is 24.1 Å². The van der Waals surface area contributed by atoms with Gasteiger partial charge in [0.2, 0.25) is 11.8 Å². The Morgan fingerprint density at radius 1 is 0.750 bits per heavy atom. The average molecular weight is 556 g/mol. The SMILES string of the molecule is CNC(=O)C(Cc1ccccc1)N(Cc1ccccc1)C(=O)CN(c1ccccc1C)S(=O)(=O)c1ccccc1. The van der Waals surface area contributed by atoms with Gasteiger partial charge in [-0.1, -0.05) is 97.1 Å². The molecule has 4 rings (SSSR count). The molecule has 0 fully saturated rings. The van der Waals surface area contributed by atoms with E-state index in [0.29, 0.717) is 11.3 Å². The summed E-state index contributed by atoms with van der Waals surface area (Å²) in [7, 11) is -2.57. The van der Waals surface area contributed by atoms with Gasteiger partial charge in [0.1, 0.15) is 12.6 Å². The number of aryl methyl sites for hydroxylation is 1. The summed E-state index contributed by atoms with van der Waals surface area (Å²) in [4.78, 5) is 29.0. The number of para-hydroxylation sites is 1. The largest absolute Gasteiger partial charge is 0.357 e. The Balaban J connectivity index is 1.78. The molecule has 0 aliphatic carbocycles. The number of sulfonamides is 1. The first-order valence-corrected chi connectivity index (χ1v) is 14.5. The molecule has 0 saturated carbocycles. The van der Waals surface area contributed by atoms with Crippen molar-refractivity contribution in [2.75, 3.05) is 17.9 Å². The van der Waals surface area contributed by atoms with Crippen LogP contribution in [0.1, 0.15) is 16.7 Å². The Morgan fingerprint density at radius 3 is 1.85 bits per heavy atom. The van der Waals surface area contributed by atoms with E-state index in [2.05, 4.69) is 5.32 Å². The van der Waals surface area contributed by atoms with Crippen LogP contribution in [0, 0.1) is 6.92 Å². The van der Waals surface area contributed by atoms with E-state index in [1.54, 1.807) is 43.3 Å². The summed E-state index contributed by atoms with van der Waals surface area (Å²) in [6.07, 6.45) is 0.273. The third-order valence-electron chi connectivity index (χ3n) is 6.71. The molecule has 7 nitrogen and oxygen atoms in total. The number of likely N-dealkylation sites (N-methyl/N-ethyl adjacent to an activating group) is 1. The Bertz CT molecular complexity index is 1530. The van der Waals surface area contributed by atoms with E-state index in [-0.39, 0.29) is 23.8 Å². The van der Waals surface area contributed by atoms with Crippen molar-refractivity contribution in [3.05, 3.63) is 132 Å². The van der Waals surface area contributed by atoms with Crippen LogP contribution >= 0.6 is 0 Å². The van der Waals surface area contributed by atoms with Crippen LogP contribution in [0.4, 0.5) is 5.69 Å². The Labute approximate surface area is 236 Å². The molecule has 0 aromatic heterocycles. The van der Waals surface area contributed by atoms with Crippen LogP contribution in [0.5, 0.6) is 0 Å². The smallest absolute Gasteiger partial charge is 0.264 e. The number of nitrogens with zero attached hydrogens (tertiary/aromatic N) is 2. The lowest BCUT2D eigenvalue weighted by atomic mass is 10.0. The van der Waals surface area contributed by atoms with E-state index in [0.717, 1.165) is 15.4 Å². The predicted octanol–water partition coefficient (Wildman–Crippen LogP) is 4.58. The molecule has 0 aliphatic heterocycles. The highest BCUT2D eigenvalue weighted by molar-refractivity contribution is 7.92. The number of amides is 2. The molecule has 0 aliphatic rings. The van der Waals surface area contributed by atoms with Gasteiger partial charge >= 0.3 is 0 Å². The maximum Gasteiger partial charge on any atom is 0.264 e. The first-order chi connectivity index (χ1) is 19.3. The number of hydrogen-bond acceptors (Lipinski definition) is 4. The molecule has 0 bridgehead atoms. The summed E-state index contributed by atoms with van der Waals surface area (Å²) < 4.78 is 29.0. The Morgan fingerprint density at radius 2 is 1.27 bits per heavy atom. The molecule has 206 valence electrons. The molecule has 1 N–H and O–H groups in total. The lowest BCUT2D eigenvalue weighted by molar-refractivity contribution is -0.139. The minimum absolute atomic E-state index is 0.0767. The molecule has 2 amide bonds. The summed E-state index contributed by atoms with van der Waals surface area (Å²) in [6, 6.07) is 33.1. The normalized spacial score (nSPS) is 11.8. The van der Waals surface area contributed by atoms with Crippen molar-refractivity contribution >= 4 is 27.5 Å². The molecule has 40 heavy (non-hydrogen) atoms. The first kappa shape index (κ1) is 28.6. The first-order valence-electron chi connectivity index (χ1n) is 13.0. The zero-order chi connectivity index (χ0) is 28.5. The quantitative estimate of drug-likeness (QED) is 0.294. The van der Waals surface area contributed by atoms with Crippen molar-refractivity contribution in [3.8, 4) is 0 Å². The third-order valence-corrected chi connectivity index (χ3v) is 8.48. The van der Waals surface area contributed by atoms with Gasteiger partial charge in [-0.15, -0.1) is 0 Å². The number of nitrogens with one attached hydrogen (secondary N) is 1. The second kappa shape index (κ2) is 13.1. The Kier molecular flexibility index (Phi) is 9.35. The van der Waals surface area contributed by atoms with Gasteiger partial charge < -0.3 is 10.2 Å². The minimum atomic E-state index is -4.10. The monoisotopic (exact) mass is 555 g/mol. The highest BCUT2D eigenvalue weighted by atomic mass is 32.2. The highest BCUT2D eigenvalue weighted by Crippen LogP contribution is 2.27. The molecular formula is C32H33N3O4S. The summed E-state index contributed by atoms with van der Waals surface area (Å²) in [5.74, 6) is -0.822. The number of rotatable bonds is 11. The van der Waals surface area contributed by atoms with Crippen molar-refractivity contribution in [1.82, 2.24) is 10.2 Å². The van der Waals surface area contributed by atoms with Gasteiger partial charge in [0.05, 0.1) is 10.6 Å². The molecule has 4 aromatic carbocycles. The van der Waals surface area contributed by atoms with Crippen LogP contribution in [0.3, 0.4) is 0 Å². The predicted molar refractivity (Wildman–Crippen MR) is 157 cm³/mol. The van der Waals surface area contributed by atoms with Crippen molar-refractivity contribution in [2.24, 2.45) is 0 Å². The summed E-state index contributed by atoms with van der Waals surface area (Å²) in [6.45, 7) is 1.46. The molecule has 1 unspecified atom stereocenters. The summed E-state index contributed by atoms with van der Waals surface area (Å²) >= 11 is 0. The number of carbonyl (C=O) groups is 2. The van der Waals surface area contributed by atoms with Crippen LogP contribution in [-0.2, 0) is 32.6 Å². The van der Waals surface area contributed by atoms with Gasteiger partial charge in [-0.3, -0.25) is 13.9 Å². The molecule has 4 aromatic rings. The van der Waals surface area contributed by atoms with Crippen LogP contribution in [0.15, 0.2) is 120 Å². The molecule has 1 atom stereocenters. The standard InChI is InChI=1S/C32H33N3O4S/c1-25-14-12-13-21-29(25)35(40(38,39)28-19-10-5-11-20-28)24-31(36)34(23-27-17-8-4-9-18-27)30(32(37)33-2)22-26-15-6-3-7-16-26/h3-21,30H,22-24H2,1-2H3,(H,33,37). The van der Waals surface area contributed by atoms with Crippen molar-refractivity contribution in [2.45, 2.75) is 30.8 Å². The lowest BCUT2D eigenvalue weighted by Gasteiger charge is -2.34. The van der Waals surface area contributed by atoms with Gasteiger partial charge in [0.15, 0.2) is 0 Å².